The molecule has 0 aliphatic heterocycles. The third-order valence-corrected chi connectivity index (χ3v) is 2.40. The van der Waals surface area contributed by atoms with Crippen LogP contribution in [0.25, 0.3) is 0 Å². The van der Waals surface area contributed by atoms with E-state index in [1.807, 2.05) is 0 Å². The van der Waals surface area contributed by atoms with Crippen molar-refractivity contribution in [3.05, 3.63) is 51.7 Å². The van der Waals surface area contributed by atoms with Gasteiger partial charge in [-0.25, -0.2) is 0 Å². The summed E-state index contributed by atoms with van der Waals surface area (Å²) >= 11 is 0. The molecule has 0 bridgehead atoms. The number of rotatable bonds is 5. The molecule has 0 saturated heterocycles. The van der Waals surface area contributed by atoms with Crippen molar-refractivity contribution in [2.45, 2.75) is 12.8 Å². The summed E-state index contributed by atoms with van der Waals surface area (Å²) in [6, 6.07) is 6.48. The molecule has 0 saturated carbocycles. The molecular weight excluding hydrogens is 236 g/mol. The van der Waals surface area contributed by atoms with Crippen LogP contribution in [0.1, 0.15) is 17.3 Å². The fraction of sp³-hybridized carbons (Fsp3) is 0.273. The smallest absolute Gasteiger partial charge is 0.273 e. The van der Waals surface area contributed by atoms with Crippen molar-refractivity contribution in [3.63, 3.8) is 0 Å². The molecule has 0 aliphatic carbocycles. The summed E-state index contributed by atoms with van der Waals surface area (Å²) in [4.78, 5) is 10.4. The molecule has 2 aromatic rings. The summed E-state index contributed by atoms with van der Waals surface area (Å²) in [5, 5.41) is 18.5. The SMILES string of the molecule is NCCc1nnc(Cc2ccccc2[N+](=O)[O-])o1. The van der Waals surface area contributed by atoms with Crippen LogP contribution in [0.4, 0.5) is 5.69 Å². The van der Waals surface area contributed by atoms with Crippen LogP contribution in [0.5, 0.6) is 0 Å². The molecule has 94 valence electrons. The van der Waals surface area contributed by atoms with Gasteiger partial charge in [0.15, 0.2) is 0 Å². The van der Waals surface area contributed by atoms with E-state index in [1.165, 1.54) is 6.07 Å². The van der Waals surface area contributed by atoms with Crippen LogP contribution in [-0.4, -0.2) is 21.7 Å². The van der Waals surface area contributed by atoms with Crippen LogP contribution in [0.15, 0.2) is 28.7 Å². The Bertz CT molecular complexity index is 553. The Hall–Kier alpha value is -2.28. The minimum atomic E-state index is -0.424. The first-order chi connectivity index (χ1) is 8.70. The van der Waals surface area contributed by atoms with Crippen molar-refractivity contribution >= 4 is 5.69 Å². The predicted octanol–water partition coefficient (Wildman–Crippen LogP) is 1.07. The van der Waals surface area contributed by atoms with E-state index in [9.17, 15) is 10.1 Å². The average molecular weight is 248 g/mol. The van der Waals surface area contributed by atoms with E-state index in [-0.39, 0.29) is 12.1 Å². The highest BCUT2D eigenvalue weighted by atomic mass is 16.6. The van der Waals surface area contributed by atoms with E-state index < -0.39 is 4.92 Å². The molecule has 0 amide bonds. The number of nitrogens with zero attached hydrogens (tertiary/aromatic N) is 3. The second-order valence-corrected chi connectivity index (χ2v) is 3.69. The zero-order valence-electron chi connectivity index (χ0n) is 9.57. The van der Waals surface area contributed by atoms with Gasteiger partial charge in [0.25, 0.3) is 5.69 Å². The van der Waals surface area contributed by atoms with Gasteiger partial charge in [0.2, 0.25) is 11.8 Å². The molecule has 0 radical (unpaired) electrons. The summed E-state index contributed by atoms with van der Waals surface area (Å²) in [6.45, 7) is 0.424. The van der Waals surface area contributed by atoms with Gasteiger partial charge < -0.3 is 10.2 Å². The van der Waals surface area contributed by atoms with Gasteiger partial charge in [-0.05, 0) is 0 Å². The molecule has 0 spiro atoms. The van der Waals surface area contributed by atoms with E-state index >= 15 is 0 Å². The fourth-order valence-electron chi connectivity index (χ4n) is 1.59. The quantitative estimate of drug-likeness (QED) is 0.626. The lowest BCUT2D eigenvalue weighted by atomic mass is 10.1. The van der Waals surface area contributed by atoms with Crippen LogP contribution in [0.3, 0.4) is 0 Å². The maximum absolute atomic E-state index is 10.8. The van der Waals surface area contributed by atoms with E-state index in [0.717, 1.165) is 0 Å². The Morgan fingerprint density at radius 3 is 2.72 bits per heavy atom. The summed E-state index contributed by atoms with van der Waals surface area (Å²) < 4.78 is 5.34. The number of nitro groups is 1. The number of hydrogen-bond donors (Lipinski definition) is 1. The van der Waals surface area contributed by atoms with Crippen molar-refractivity contribution in [1.82, 2.24) is 10.2 Å². The lowest BCUT2D eigenvalue weighted by molar-refractivity contribution is -0.385. The first-order valence-corrected chi connectivity index (χ1v) is 5.44. The molecule has 2 rings (SSSR count). The zero-order valence-corrected chi connectivity index (χ0v) is 9.57. The minimum Gasteiger partial charge on any atom is -0.425 e. The first kappa shape index (κ1) is 12.2. The second kappa shape index (κ2) is 5.37. The standard InChI is InChI=1S/C11H12N4O3/c12-6-5-10-13-14-11(18-10)7-8-3-1-2-4-9(8)15(16)17/h1-4H,5-7,12H2. The van der Waals surface area contributed by atoms with E-state index in [2.05, 4.69) is 10.2 Å². The van der Waals surface area contributed by atoms with Crippen molar-refractivity contribution in [2.24, 2.45) is 5.73 Å². The molecule has 7 heteroatoms. The van der Waals surface area contributed by atoms with E-state index in [0.29, 0.717) is 30.3 Å². The van der Waals surface area contributed by atoms with Crippen LogP contribution in [-0.2, 0) is 12.8 Å². The highest BCUT2D eigenvalue weighted by molar-refractivity contribution is 5.41. The van der Waals surface area contributed by atoms with Gasteiger partial charge in [0.05, 0.1) is 11.3 Å². The number of hydrogen-bond acceptors (Lipinski definition) is 6. The lowest BCUT2D eigenvalue weighted by Gasteiger charge is -1.98. The van der Waals surface area contributed by atoms with Crippen LogP contribution in [0.2, 0.25) is 0 Å². The van der Waals surface area contributed by atoms with Gasteiger partial charge in [-0.2, -0.15) is 0 Å². The molecule has 0 fully saturated rings. The highest BCUT2D eigenvalue weighted by Gasteiger charge is 2.15. The monoisotopic (exact) mass is 248 g/mol. The minimum absolute atomic E-state index is 0.0519. The number of nitro benzene ring substituents is 1. The van der Waals surface area contributed by atoms with Crippen LogP contribution >= 0.6 is 0 Å². The van der Waals surface area contributed by atoms with Crippen LogP contribution in [0, 0.1) is 10.1 Å². The molecule has 0 unspecified atom stereocenters. The van der Waals surface area contributed by atoms with Gasteiger partial charge in [-0.15, -0.1) is 10.2 Å². The topological polar surface area (TPSA) is 108 Å². The molecular formula is C11H12N4O3. The van der Waals surface area contributed by atoms with Crippen molar-refractivity contribution < 1.29 is 9.34 Å². The normalized spacial score (nSPS) is 10.5. The maximum Gasteiger partial charge on any atom is 0.273 e. The Balaban J connectivity index is 2.20. The summed E-state index contributed by atoms with van der Waals surface area (Å²) in [5.74, 6) is 0.804. The Morgan fingerprint density at radius 2 is 2.00 bits per heavy atom. The third-order valence-electron chi connectivity index (χ3n) is 2.40. The Kier molecular flexibility index (Phi) is 3.63. The van der Waals surface area contributed by atoms with Gasteiger partial charge in [-0.1, -0.05) is 18.2 Å². The maximum atomic E-state index is 10.8. The molecule has 0 aliphatic rings. The van der Waals surface area contributed by atoms with Gasteiger partial charge in [-0.3, -0.25) is 10.1 Å². The first-order valence-electron chi connectivity index (χ1n) is 5.44. The number of nitrogens with two attached hydrogens (primary N) is 1. The van der Waals surface area contributed by atoms with Crippen molar-refractivity contribution in [1.29, 1.82) is 0 Å². The van der Waals surface area contributed by atoms with Crippen molar-refractivity contribution in [2.75, 3.05) is 6.54 Å². The summed E-state index contributed by atoms with van der Waals surface area (Å²) in [6.07, 6.45) is 0.749. The molecule has 18 heavy (non-hydrogen) atoms. The third kappa shape index (κ3) is 2.69. The zero-order chi connectivity index (χ0) is 13.0. The Morgan fingerprint density at radius 1 is 1.28 bits per heavy atom. The van der Waals surface area contributed by atoms with Gasteiger partial charge in [0.1, 0.15) is 0 Å². The lowest BCUT2D eigenvalue weighted by Crippen LogP contribution is -2.02. The molecule has 0 atom stereocenters. The van der Waals surface area contributed by atoms with Gasteiger partial charge in [0, 0.05) is 24.6 Å². The average Bonchev–Trinajstić information content (AvgIpc) is 2.77. The second-order valence-electron chi connectivity index (χ2n) is 3.69. The number of aromatic nitrogens is 2. The largest absolute Gasteiger partial charge is 0.425 e. The summed E-state index contributed by atoms with van der Waals surface area (Å²) in [5.41, 5.74) is 5.97. The molecule has 1 aromatic heterocycles. The number of para-hydroxylation sites is 1. The van der Waals surface area contributed by atoms with E-state index in [1.54, 1.807) is 18.2 Å². The van der Waals surface area contributed by atoms with Crippen molar-refractivity contribution in [3.8, 4) is 0 Å². The van der Waals surface area contributed by atoms with E-state index in [4.69, 9.17) is 10.2 Å². The molecule has 2 N–H and O–H groups in total. The Labute approximate surface area is 103 Å². The molecule has 7 nitrogen and oxygen atoms in total. The fourth-order valence-corrected chi connectivity index (χ4v) is 1.59. The predicted molar refractivity (Wildman–Crippen MR) is 63.0 cm³/mol. The van der Waals surface area contributed by atoms with Crippen LogP contribution < -0.4 is 5.73 Å². The summed E-state index contributed by atoms with van der Waals surface area (Å²) in [7, 11) is 0. The molecule has 1 aromatic carbocycles. The number of benzene rings is 1. The van der Waals surface area contributed by atoms with Gasteiger partial charge >= 0.3 is 0 Å². The highest BCUT2D eigenvalue weighted by Crippen LogP contribution is 2.20. The molecule has 1 heterocycles.